The number of carbonyl (C=O) groups excluding carboxylic acids is 2. The zero-order valence-corrected chi connectivity index (χ0v) is 15.3. The van der Waals surface area contributed by atoms with Gasteiger partial charge in [-0.1, -0.05) is 6.92 Å². The van der Waals surface area contributed by atoms with Crippen molar-refractivity contribution in [3.63, 3.8) is 0 Å². The van der Waals surface area contributed by atoms with Crippen LogP contribution in [0.5, 0.6) is 0 Å². The second-order valence-electron chi connectivity index (χ2n) is 6.06. The molecule has 0 aromatic carbocycles. The van der Waals surface area contributed by atoms with Gasteiger partial charge in [-0.3, -0.25) is 9.59 Å². The summed E-state index contributed by atoms with van der Waals surface area (Å²) in [5.74, 6) is -1.13. The van der Waals surface area contributed by atoms with E-state index < -0.39 is 5.97 Å². The molecule has 1 aliphatic rings. The Balaban J connectivity index is 1.70. The average molecular weight is 376 g/mol. The Morgan fingerprint density at radius 2 is 1.85 bits per heavy atom. The molecule has 1 fully saturated rings. The molecule has 2 aromatic rings. The van der Waals surface area contributed by atoms with Crippen LogP contribution in [0.1, 0.15) is 50.4 Å². The van der Waals surface area contributed by atoms with Gasteiger partial charge in [0.15, 0.2) is 5.76 Å². The lowest BCUT2D eigenvalue weighted by atomic mass is 10.2. The minimum Gasteiger partial charge on any atom is -0.478 e. The zero-order valence-electron chi connectivity index (χ0n) is 14.4. The van der Waals surface area contributed by atoms with E-state index in [4.69, 9.17) is 4.42 Å². The number of aromatic carboxylic acids is 1. The SMILES string of the molecule is CCc1oc(C(=O)N2CCCN(C(=O)c3ccsc3)CC2)cc1C(=O)O. The van der Waals surface area contributed by atoms with Gasteiger partial charge >= 0.3 is 5.97 Å². The third-order valence-electron chi connectivity index (χ3n) is 4.41. The third kappa shape index (κ3) is 3.65. The molecule has 26 heavy (non-hydrogen) atoms. The summed E-state index contributed by atoms with van der Waals surface area (Å²) in [4.78, 5) is 39.8. The average Bonchev–Trinajstić information content (AvgIpc) is 3.25. The van der Waals surface area contributed by atoms with E-state index >= 15 is 0 Å². The van der Waals surface area contributed by atoms with Crippen molar-refractivity contribution in [1.29, 1.82) is 0 Å². The number of hydrogen-bond donors (Lipinski definition) is 1. The highest BCUT2D eigenvalue weighted by atomic mass is 32.1. The normalized spacial score (nSPS) is 15.0. The standard InChI is InChI=1S/C18H20N2O5S/c1-2-14-13(18(23)24)10-15(25-14)17(22)20-6-3-5-19(7-8-20)16(21)12-4-9-26-11-12/h4,9-11H,2-3,5-8H2,1H3,(H,23,24). The molecule has 0 spiro atoms. The minimum absolute atomic E-state index is 0.0277. The van der Waals surface area contributed by atoms with Crippen LogP contribution in [0.25, 0.3) is 0 Å². The third-order valence-corrected chi connectivity index (χ3v) is 5.09. The number of carbonyl (C=O) groups is 3. The Hall–Kier alpha value is -2.61. The van der Waals surface area contributed by atoms with Crippen molar-refractivity contribution in [2.75, 3.05) is 26.2 Å². The van der Waals surface area contributed by atoms with Gasteiger partial charge in [0.25, 0.3) is 11.8 Å². The summed E-state index contributed by atoms with van der Waals surface area (Å²) in [6.45, 7) is 3.68. The topological polar surface area (TPSA) is 91.1 Å². The van der Waals surface area contributed by atoms with Gasteiger partial charge in [-0.15, -0.1) is 0 Å². The lowest BCUT2D eigenvalue weighted by molar-refractivity contribution is 0.0691. The predicted octanol–water partition coefficient (Wildman–Crippen LogP) is 2.59. The number of rotatable bonds is 4. The number of amides is 2. The van der Waals surface area contributed by atoms with Crippen LogP contribution < -0.4 is 0 Å². The van der Waals surface area contributed by atoms with Crippen LogP contribution in [-0.2, 0) is 6.42 Å². The van der Waals surface area contributed by atoms with Crippen LogP contribution in [0.4, 0.5) is 0 Å². The first-order valence-electron chi connectivity index (χ1n) is 8.48. The largest absolute Gasteiger partial charge is 0.478 e. The van der Waals surface area contributed by atoms with Gasteiger partial charge in [0.05, 0.1) is 5.56 Å². The van der Waals surface area contributed by atoms with E-state index in [1.165, 1.54) is 17.4 Å². The first kappa shape index (κ1) is 18.2. The molecule has 8 heteroatoms. The molecule has 0 saturated carbocycles. The summed E-state index contributed by atoms with van der Waals surface area (Å²) in [6, 6.07) is 3.09. The van der Waals surface area contributed by atoms with Crippen molar-refractivity contribution in [2.24, 2.45) is 0 Å². The molecule has 3 rings (SSSR count). The fourth-order valence-corrected chi connectivity index (χ4v) is 3.66. The fraction of sp³-hybridized carbons (Fsp3) is 0.389. The molecule has 0 unspecified atom stereocenters. The maximum absolute atomic E-state index is 12.7. The van der Waals surface area contributed by atoms with Crippen molar-refractivity contribution in [1.82, 2.24) is 9.80 Å². The number of carboxylic acid groups (broad SMARTS) is 1. The van der Waals surface area contributed by atoms with Crippen molar-refractivity contribution in [2.45, 2.75) is 19.8 Å². The van der Waals surface area contributed by atoms with Crippen LogP contribution in [-0.4, -0.2) is 58.9 Å². The molecule has 2 amide bonds. The first-order chi connectivity index (χ1) is 12.5. The summed E-state index contributed by atoms with van der Waals surface area (Å²) in [5.41, 5.74) is 0.694. The Kier molecular flexibility index (Phi) is 5.41. The van der Waals surface area contributed by atoms with Crippen molar-refractivity contribution in [3.05, 3.63) is 45.5 Å². The lowest BCUT2D eigenvalue weighted by Crippen LogP contribution is -2.37. The summed E-state index contributed by atoms with van der Waals surface area (Å²) < 4.78 is 5.46. The van der Waals surface area contributed by atoms with Crippen LogP contribution in [0.15, 0.2) is 27.3 Å². The molecule has 1 saturated heterocycles. The van der Waals surface area contributed by atoms with E-state index in [0.717, 1.165) is 0 Å². The molecule has 0 atom stereocenters. The smallest absolute Gasteiger partial charge is 0.339 e. The van der Waals surface area contributed by atoms with Gasteiger partial charge in [-0.2, -0.15) is 11.3 Å². The maximum atomic E-state index is 12.7. The molecular formula is C18H20N2O5S. The van der Waals surface area contributed by atoms with Crippen molar-refractivity contribution in [3.8, 4) is 0 Å². The van der Waals surface area contributed by atoms with Gasteiger partial charge in [-0.25, -0.2) is 4.79 Å². The monoisotopic (exact) mass is 376 g/mol. The Morgan fingerprint density at radius 1 is 1.15 bits per heavy atom. The van der Waals surface area contributed by atoms with Gasteiger partial charge < -0.3 is 19.3 Å². The van der Waals surface area contributed by atoms with Crippen LogP contribution in [0, 0.1) is 0 Å². The van der Waals surface area contributed by atoms with Crippen LogP contribution in [0.2, 0.25) is 0 Å². The zero-order chi connectivity index (χ0) is 18.7. The summed E-state index contributed by atoms with van der Waals surface area (Å²) in [7, 11) is 0. The number of hydrogen-bond acceptors (Lipinski definition) is 5. The quantitative estimate of drug-likeness (QED) is 0.886. The van der Waals surface area contributed by atoms with Gasteiger partial charge in [0.2, 0.25) is 0 Å². The van der Waals surface area contributed by atoms with Crippen LogP contribution >= 0.6 is 11.3 Å². The summed E-state index contributed by atoms with van der Waals surface area (Å²) in [6.07, 6.45) is 1.06. The van der Waals surface area contributed by atoms with Crippen molar-refractivity contribution >= 4 is 29.1 Å². The number of aryl methyl sites for hydroxylation is 1. The molecule has 1 aliphatic heterocycles. The van der Waals surface area contributed by atoms with E-state index in [0.29, 0.717) is 50.3 Å². The first-order valence-corrected chi connectivity index (χ1v) is 9.42. The molecule has 0 bridgehead atoms. The second-order valence-corrected chi connectivity index (χ2v) is 6.84. The number of carboxylic acids is 1. The molecule has 7 nitrogen and oxygen atoms in total. The Morgan fingerprint density at radius 3 is 2.38 bits per heavy atom. The number of thiophene rings is 1. The van der Waals surface area contributed by atoms with Gasteiger partial charge in [0.1, 0.15) is 11.3 Å². The highest BCUT2D eigenvalue weighted by Gasteiger charge is 2.27. The van der Waals surface area contributed by atoms with E-state index in [1.807, 2.05) is 10.8 Å². The van der Waals surface area contributed by atoms with Crippen molar-refractivity contribution < 1.29 is 23.9 Å². The van der Waals surface area contributed by atoms with Crippen LogP contribution in [0.3, 0.4) is 0 Å². The number of furan rings is 1. The second kappa shape index (κ2) is 7.74. The minimum atomic E-state index is -1.10. The van der Waals surface area contributed by atoms with Gasteiger partial charge in [0, 0.05) is 44.0 Å². The van der Waals surface area contributed by atoms with E-state index in [1.54, 1.807) is 22.8 Å². The van der Waals surface area contributed by atoms with E-state index in [-0.39, 0.29) is 23.1 Å². The molecule has 1 N–H and O–H groups in total. The molecule has 0 aliphatic carbocycles. The molecule has 3 heterocycles. The Bertz CT molecular complexity index is 812. The highest BCUT2D eigenvalue weighted by Crippen LogP contribution is 2.19. The molecule has 0 radical (unpaired) electrons. The predicted molar refractivity (Wildman–Crippen MR) is 95.8 cm³/mol. The molecule has 2 aromatic heterocycles. The van der Waals surface area contributed by atoms with E-state index in [2.05, 4.69) is 0 Å². The summed E-state index contributed by atoms with van der Waals surface area (Å²) in [5, 5.41) is 12.9. The summed E-state index contributed by atoms with van der Waals surface area (Å²) >= 11 is 1.48. The highest BCUT2D eigenvalue weighted by molar-refractivity contribution is 7.08. The molecular weight excluding hydrogens is 356 g/mol. The fourth-order valence-electron chi connectivity index (χ4n) is 3.03. The molecule has 138 valence electrons. The van der Waals surface area contributed by atoms with E-state index in [9.17, 15) is 19.5 Å². The Labute approximate surface area is 154 Å². The lowest BCUT2D eigenvalue weighted by Gasteiger charge is -2.21. The maximum Gasteiger partial charge on any atom is 0.339 e. The van der Waals surface area contributed by atoms with Gasteiger partial charge in [-0.05, 0) is 17.9 Å². The number of nitrogens with zero attached hydrogens (tertiary/aromatic N) is 2.